The second-order valence-electron chi connectivity index (χ2n) is 5.68. The van der Waals surface area contributed by atoms with E-state index in [1.54, 1.807) is 30.6 Å². The second-order valence-corrected chi connectivity index (χ2v) is 6.62. The highest BCUT2D eigenvalue weighted by molar-refractivity contribution is 7.99. The zero-order chi connectivity index (χ0) is 19.2. The zero-order valence-corrected chi connectivity index (χ0v) is 15.7. The molecule has 2 aromatic carbocycles. The lowest BCUT2D eigenvalue weighted by Crippen LogP contribution is -2.14. The van der Waals surface area contributed by atoms with E-state index >= 15 is 0 Å². The molecule has 3 aromatic rings. The number of hydrogen-bond donors (Lipinski definition) is 1. The standard InChI is InChI=1S/C19H18N4O3S/c1-13-5-3-4-6-16(13)23-12-20-22-19(23)27-11-17(24)21-15-9-7-14(8-10-15)18(25)26-2/h3-10,12H,11H2,1-2H3,(H,21,24). The molecule has 3 rings (SSSR count). The van der Waals surface area contributed by atoms with Gasteiger partial charge in [0.25, 0.3) is 0 Å². The van der Waals surface area contributed by atoms with Gasteiger partial charge in [-0.05, 0) is 42.8 Å². The molecule has 0 unspecified atom stereocenters. The molecule has 0 aliphatic carbocycles. The van der Waals surface area contributed by atoms with E-state index in [0.717, 1.165) is 11.3 Å². The molecule has 0 fully saturated rings. The van der Waals surface area contributed by atoms with Crippen molar-refractivity contribution in [3.8, 4) is 5.69 Å². The number of hydrogen-bond acceptors (Lipinski definition) is 6. The Morgan fingerprint density at radius 1 is 1.15 bits per heavy atom. The molecule has 0 bridgehead atoms. The van der Waals surface area contributed by atoms with Crippen molar-refractivity contribution >= 4 is 29.3 Å². The molecule has 0 spiro atoms. The first-order chi connectivity index (χ1) is 13.1. The summed E-state index contributed by atoms with van der Waals surface area (Å²) >= 11 is 1.30. The van der Waals surface area contributed by atoms with E-state index < -0.39 is 5.97 Å². The van der Waals surface area contributed by atoms with Crippen LogP contribution in [0.2, 0.25) is 0 Å². The van der Waals surface area contributed by atoms with Gasteiger partial charge in [-0.2, -0.15) is 0 Å². The van der Waals surface area contributed by atoms with Crippen molar-refractivity contribution in [2.45, 2.75) is 12.1 Å². The van der Waals surface area contributed by atoms with Crippen LogP contribution in [0.15, 0.2) is 60.0 Å². The minimum absolute atomic E-state index is 0.176. The Labute approximate surface area is 160 Å². The molecule has 8 heteroatoms. The monoisotopic (exact) mass is 382 g/mol. The van der Waals surface area contributed by atoms with Crippen molar-refractivity contribution in [2.75, 3.05) is 18.2 Å². The highest BCUT2D eigenvalue weighted by atomic mass is 32.2. The maximum atomic E-state index is 12.2. The molecule has 0 radical (unpaired) electrons. The molecule has 1 aromatic heterocycles. The van der Waals surface area contributed by atoms with Crippen LogP contribution in [-0.2, 0) is 9.53 Å². The number of nitrogens with zero attached hydrogens (tertiary/aromatic N) is 3. The molecular weight excluding hydrogens is 364 g/mol. The highest BCUT2D eigenvalue weighted by Gasteiger charge is 2.12. The fraction of sp³-hybridized carbons (Fsp3) is 0.158. The number of aryl methyl sites for hydroxylation is 1. The number of amides is 1. The molecule has 0 aliphatic rings. The minimum Gasteiger partial charge on any atom is -0.465 e. The third-order valence-corrected chi connectivity index (χ3v) is 4.76. The number of nitrogens with one attached hydrogen (secondary N) is 1. The average molecular weight is 382 g/mol. The number of esters is 1. The van der Waals surface area contributed by atoms with E-state index in [1.807, 2.05) is 35.8 Å². The lowest BCUT2D eigenvalue weighted by molar-refractivity contribution is -0.113. The quantitative estimate of drug-likeness (QED) is 0.521. The number of anilines is 1. The van der Waals surface area contributed by atoms with Crippen LogP contribution >= 0.6 is 11.8 Å². The zero-order valence-electron chi connectivity index (χ0n) is 14.9. The van der Waals surface area contributed by atoms with Crippen LogP contribution in [0, 0.1) is 6.92 Å². The Balaban J connectivity index is 1.61. The normalized spacial score (nSPS) is 10.4. The van der Waals surface area contributed by atoms with E-state index in [0.29, 0.717) is 16.4 Å². The van der Waals surface area contributed by atoms with Crippen LogP contribution in [0.4, 0.5) is 5.69 Å². The van der Waals surface area contributed by atoms with Crippen LogP contribution in [0.3, 0.4) is 0 Å². The molecule has 1 amide bonds. The Hall–Kier alpha value is -3.13. The number of thioether (sulfide) groups is 1. The third kappa shape index (κ3) is 4.53. The highest BCUT2D eigenvalue weighted by Crippen LogP contribution is 2.22. The summed E-state index contributed by atoms with van der Waals surface area (Å²) in [5.41, 5.74) is 3.10. The van der Waals surface area contributed by atoms with Gasteiger partial charge in [0.05, 0.1) is 24.1 Å². The topological polar surface area (TPSA) is 86.1 Å². The van der Waals surface area contributed by atoms with Crippen molar-refractivity contribution in [3.05, 3.63) is 66.0 Å². The SMILES string of the molecule is COC(=O)c1ccc(NC(=O)CSc2nncn2-c2ccccc2C)cc1. The van der Waals surface area contributed by atoms with Gasteiger partial charge >= 0.3 is 5.97 Å². The number of aromatic nitrogens is 3. The smallest absolute Gasteiger partial charge is 0.337 e. The number of ether oxygens (including phenoxy) is 1. The molecule has 0 saturated heterocycles. The van der Waals surface area contributed by atoms with E-state index in [9.17, 15) is 9.59 Å². The van der Waals surface area contributed by atoms with Crippen molar-refractivity contribution in [3.63, 3.8) is 0 Å². The first kappa shape index (κ1) is 18.7. The van der Waals surface area contributed by atoms with E-state index in [4.69, 9.17) is 0 Å². The van der Waals surface area contributed by atoms with Gasteiger partial charge in [0.15, 0.2) is 5.16 Å². The van der Waals surface area contributed by atoms with Gasteiger partial charge in [-0.1, -0.05) is 30.0 Å². The summed E-state index contributed by atoms with van der Waals surface area (Å²) in [4.78, 5) is 23.6. The van der Waals surface area contributed by atoms with Gasteiger partial charge in [0.2, 0.25) is 5.91 Å². The maximum absolute atomic E-state index is 12.2. The number of rotatable bonds is 6. The van der Waals surface area contributed by atoms with Gasteiger partial charge in [0, 0.05) is 5.69 Å². The second kappa shape index (κ2) is 8.50. The average Bonchev–Trinajstić information content (AvgIpc) is 3.15. The van der Waals surface area contributed by atoms with Gasteiger partial charge in [-0.3, -0.25) is 9.36 Å². The fourth-order valence-electron chi connectivity index (χ4n) is 2.46. The minimum atomic E-state index is -0.418. The molecule has 0 atom stereocenters. The Morgan fingerprint density at radius 3 is 2.59 bits per heavy atom. The summed E-state index contributed by atoms with van der Waals surface area (Å²) in [6.45, 7) is 2.01. The van der Waals surface area contributed by atoms with Crippen molar-refractivity contribution in [2.24, 2.45) is 0 Å². The van der Waals surface area contributed by atoms with Gasteiger partial charge in [-0.25, -0.2) is 4.79 Å². The van der Waals surface area contributed by atoms with Gasteiger partial charge < -0.3 is 10.1 Å². The molecular formula is C19H18N4O3S. The molecule has 0 aliphatic heterocycles. The van der Waals surface area contributed by atoms with Crippen LogP contribution < -0.4 is 5.32 Å². The number of methoxy groups -OCH3 is 1. The van der Waals surface area contributed by atoms with Crippen LogP contribution in [0.25, 0.3) is 5.69 Å². The maximum Gasteiger partial charge on any atom is 0.337 e. The number of carbonyl (C=O) groups excluding carboxylic acids is 2. The molecule has 1 N–H and O–H groups in total. The van der Waals surface area contributed by atoms with Gasteiger partial charge in [0.1, 0.15) is 6.33 Å². The summed E-state index contributed by atoms with van der Waals surface area (Å²) in [6, 6.07) is 14.4. The lowest BCUT2D eigenvalue weighted by atomic mass is 10.2. The summed E-state index contributed by atoms with van der Waals surface area (Å²) in [7, 11) is 1.32. The van der Waals surface area contributed by atoms with Crippen LogP contribution in [-0.4, -0.2) is 39.5 Å². The number of carbonyl (C=O) groups is 2. The fourth-order valence-corrected chi connectivity index (χ4v) is 3.18. The van der Waals surface area contributed by atoms with Crippen LogP contribution in [0.5, 0.6) is 0 Å². The van der Waals surface area contributed by atoms with E-state index in [1.165, 1.54) is 18.9 Å². The van der Waals surface area contributed by atoms with E-state index in [2.05, 4.69) is 20.3 Å². The third-order valence-electron chi connectivity index (χ3n) is 3.81. The van der Waals surface area contributed by atoms with Crippen molar-refractivity contribution < 1.29 is 14.3 Å². The summed E-state index contributed by atoms with van der Waals surface area (Å²) < 4.78 is 6.51. The molecule has 27 heavy (non-hydrogen) atoms. The molecule has 138 valence electrons. The predicted molar refractivity (Wildman–Crippen MR) is 103 cm³/mol. The Bertz CT molecular complexity index is 954. The van der Waals surface area contributed by atoms with Crippen molar-refractivity contribution in [1.82, 2.24) is 14.8 Å². The first-order valence-corrected chi connectivity index (χ1v) is 9.14. The summed E-state index contributed by atoms with van der Waals surface area (Å²) in [5, 5.41) is 11.5. The summed E-state index contributed by atoms with van der Waals surface area (Å²) in [5.74, 6) is -0.410. The van der Waals surface area contributed by atoms with Crippen LogP contribution in [0.1, 0.15) is 15.9 Å². The molecule has 0 saturated carbocycles. The van der Waals surface area contributed by atoms with Crippen molar-refractivity contribution in [1.29, 1.82) is 0 Å². The lowest BCUT2D eigenvalue weighted by Gasteiger charge is -2.09. The molecule has 1 heterocycles. The predicted octanol–water partition coefficient (Wildman–Crippen LogP) is 3.09. The Morgan fingerprint density at radius 2 is 1.89 bits per heavy atom. The number of benzene rings is 2. The Kier molecular flexibility index (Phi) is 5.87. The number of para-hydroxylation sites is 1. The first-order valence-electron chi connectivity index (χ1n) is 8.15. The summed E-state index contributed by atoms with van der Waals surface area (Å²) in [6.07, 6.45) is 1.63. The van der Waals surface area contributed by atoms with Gasteiger partial charge in [-0.15, -0.1) is 10.2 Å². The van der Waals surface area contributed by atoms with E-state index in [-0.39, 0.29) is 11.7 Å². The largest absolute Gasteiger partial charge is 0.465 e. The molecule has 7 nitrogen and oxygen atoms in total.